The third kappa shape index (κ3) is 4.76. The van der Waals surface area contributed by atoms with Gasteiger partial charge in [-0.3, -0.25) is 9.59 Å². The normalized spacial score (nSPS) is 10.4. The van der Waals surface area contributed by atoms with Gasteiger partial charge in [0.1, 0.15) is 11.5 Å². The molecule has 1 amide bonds. The first-order valence-corrected chi connectivity index (χ1v) is 8.67. The van der Waals surface area contributed by atoms with Crippen molar-refractivity contribution in [2.45, 2.75) is 20.4 Å². The molecule has 2 N–H and O–H groups in total. The Morgan fingerprint density at radius 3 is 2.57 bits per heavy atom. The molecule has 0 fully saturated rings. The topological polar surface area (TPSA) is 84.0 Å². The van der Waals surface area contributed by atoms with Crippen molar-refractivity contribution in [2.75, 3.05) is 10.6 Å². The number of hydrogen-bond donors (Lipinski definition) is 2. The Morgan fingerprint density at radius 1 is 1.04 bits per heavy atom. The molecule has 0 aliphatic carbocycles. The van der Waals surface area contributed by atoms with E-state index in [-0.39, 0.29) is 29.8 Å². The molecule has 2 aromatic carbocycles. The lowest BCUT2D eigenvalue weighted by molar-refractivity contribution is 0.100. The number of nitrogens with one attached hydrogen (secondary N) is 2. The highest BCUT2D eigenvalue weighted by molar-refractivity contribution is 6.04. The van der Waals surface area contributed by atoms with Crippen LogP contribution in [0.1, 0.15) is 39.0 Å². The number of Topliss-reactive ketones (excluding diaryl/α,β-unsaturated/α-hetero) is 1. The standard InChI is InChI=1S/C21H19FN4O2/c1-13-10-19(20(28)25-17-8-5-7-15(11-17)14(2)27)26-21(24-13)23-12-16-6-3-4-9-18(16)22/h3-11H,12H2,1-2H3,(H,25,28)(H,23,24,26). The first kappa shape index (κ1) is 19.2. The molecule has 1 heterocycles. The summed E-state index contributed by atoms with van der Waals surface area (Å²) >= 11 is 0. The maximum Gasteiger partial charge on any atom is 0.274 e. The largest absolute Gasteiger partial charge is 0.350 e. The van der Waals surface area contributed by atoms with E-state index in [0.29, 0.717) is 22.5 Å². The van der Waals surface area contributed by atoms with Gasteiger partial charge in [-0.1, -0.05) is 30.3 Å². The Labute approximate surface area is 161 Å². The predicted molar refractivity (Wildman–Crippen MR) is 105 cm³/mol. The average Bonchev–Trinajstić information content (AvgIpc) is 2.67. The van der Waals surface area contributed by atoms with E-state index in [0.717, 1.165) is 0 Å². The number of ketones is 1. The summed E-state index contributed by atoms with van der Waals surface area (Å²) < 4.78 is 13.7. The summed E-state index contributed by atoms with van der Waals surface area (Å²) in [6.45, 7) is 3.39. The van der Waals surface area contributed by atoms with E-state index in [1.165, 1.54) is 13.0 Å². The SMILES string of the molecule is CC(=O)c1cccc(NC(=O)c2cc(C)nc(NCc3ccccc3F)n2)c1. The molecule has 7 heteroatoms. The van der Waals surface area contributed by atoms with Crippen LogP contribution in [0.15, 0.2) is 54.6 Å². The van der Waals surface area contributed by atoms with Gasteiger partial charge in [0.05, 0.1) is 0 Å². The van der Waals surface area contributed by atoms with Crippen LogP contribution in [0.25, 0.3) is 0 Å². The summed E-state index contributed by atoms with van der Waals surface area (Å²) in [4.78, 5) is 32.5. The van der Waals surface area contributed by atoms with E-state index in [4.69, 9.17) is 0 Å². The number of nitrogens with zero attached hydrogens (tertiary/aromatic N) is 2. The zero-order valence-corrected chi connectivity index (χ0v) is 15.5. The molecule has 3 rings (SSSR count). The fourth-order valence-electron chi connectivity index (χ4n) is 2.59. The first-order valence-electron chi connectivity index (χ1n) is 8.67. The lowest BCUT2D eigenvalue weighted by Crippen LogP contribution is -2.16. The van der Waals surface area contributed by atoms with Crippen LogP contribution in [-0.2, 0) is 6.54 Å². The van der Waals surface area contributed by atoms with Crippen LogP contribution in [0.5, 0.6) is 0 Å². The summed E-state index contributed by atoms with van der Waals surface area (Å²) in [7, 11) is 0. The fourth-order valence-corrected chi connectivity index (χ4v) is 2.59. The molecule has 0 unspecified atom stereocenters. The molecule has 0 spiro atoms. The number of halogens is 1. The van der Waals surface area contributed by atoms with Crippen molar-refractivity contribution in [3.05, 3.63) is 82.9 Å². The van der Waals surface area contributed by atoms with E-state index in [1.807, 2.05) is 0 Å². The minimum atomic E-state index is -0.430. The predicted octanol–water partition coefficient (Wildman–Crippen LogP) is 3.99. The molecule has 0 radical (unpaired) electrons. The lowest BCUT2D eigenvalue weighted by Gasteiger charge is -2.10. The fraction of sp³-hybridized carbons (Fsp3) is 0.143. The Kier molecular flexibility index (Phi) is 5.74. The van der Waals surface area contributed by atoms with Gasteiger partial charge in [0.15, 0.2) is 5.78 Å². The van der Waals surface area contributed by atoms with E-state index < -0.39 is 5.91 Å². The highest BCUT2D eigenvalue weighted by Crippen LogP contribution is 2.14. The third-order valence-corrected chi connectivity index (χ3v) is 4.01. The second kappa shape index (κ2) is 8.39. The summed E-state index contributed by atoms with van der Waals surface area (Å²) in [6.07, 6.45) is 0. The molecule has 142 valence electrons. The van der Waals surface area contributed by atoms with Crippen LogP contribution in [0.2, 0.25) is 0 Å². The zero-order valence-electron chi connectivity index (χ0n) is 15.5. The van der Waals surface area contributed by atoms with Gasteiger partial charge in [-0.15, -0.1) is 0 Å². The van der Waals surface area contributed by atoms with E-state index in [2.05, 4.69) is 20.6 Å². The van der Waals surface area contributed by atoms with E-state index in [1.54, 1.807) is 55.5 Å². The Balaban J connectivity index is 1.75. The highest BCUT2D eigenvalue weighted by Gasteiger charge is 2.12. The highest BCUT2D eigenvalue weighted by atomic mass is 19.1. The van der Waals surface area contributed by atoms with Crippen LogP contribution >= 0.6 is 0 Å². The Morgan fingerprint density at radius 2 is 1.82 bits per heavy atom. The summed E-state index contributed by atoms with van der Waals surface area (Å²) in [6, 6.07) is 14.6. The third-order valence-electron chi connectivity index (χ3n) is 4.01. The maximum atomic E-state index is 13.7. The van der Waals surface area contributed by atoms with Gasteiger partial charge in [-0.25, -0.2) is 14.4 Å². The van der Waals surface area contributed by atoms with Crippen LogP contribution in [0, 0.1) is 12.7 Å². The molecule has 28 heavy (non-hydrogen) atoms. The number of benzene rings is 2. The van der Waals surface area contributed by atoms with Gasteiger partial charge in [-0.2, -0.15) is 0 Å². The van der Waals surface area contributed by atoms with Gasteiger partial charge >= 0.3 is 0 Å². The molecule has 0 atom stereocenters. The average molecular weight is 378 g/mol. The number of amides is 1. The Hall–Kier alpha value is -3.61. The van der Waals surface area contributed by atoms with Gasteiger partial charge in [0, 0.05) is 29.1 Å². The van der Waals surface area contributed by atoms with Crippen molar-refractivity contribution in [3.63, 3.8) is 0 Å². The van der Waals surface area contributed by atoms with Crippen molar-refractivity contribution in [2.24, 2.45) is 0 Å². The molecule has 0 saturated heterocycles. The minimum Gasteiger partial charge on any atom is -0.350 e. The second-order valence-electron chi connectivity index (χ2n) is 6.25. The number of rotatable bonds is 6. The van der Waals surface area contributed by atoms with Gasteiger partial charge < -0.3 is 10.6 Å². The van der Waals surface area contributed by atoms with Crippen LogP contribution in [-0.4, -0.2) is 21.7 Å². The van der Waals surface area contributed by atoms with Crippen molar-refractivity contribution in [1.82, 2.24) is 9.97 Å². The first-order chi connectivity index (χ1) is 13.4. The van der Waals surface area contributed by atoms with Gasteiger partial charge in [0.25, 0.3) is 5.91 Å². The summed E-state index contributed by atoms with van der Waals surface area (Å²) in [5.74, 6) is -0.620. The van der Waals surface area contributed by atoms with Crippen LogP contribution < -0.4 is 10.6 Å². The van der Waals surface area contributed by atoms with Crippen LogP contribution in [0.3, 0.4) is 0 Å². The Bertz CT molecular complexity index is 1040. The molecule has 6 nitrogen and oxygen atoms in total. The number of carbonyl (C=O) groups excluding carboxylic acids is 2. The quantitative estimate of drug-likeness (QED) is 0.634. The molecule has 0 saturated carbocycles. The number of aryl methyl sites for hydroxylation is 1. The molecular weight excluding hydrogens is 359 g/mol. The minimum absolute atomic E-state index is 0.0893. The molecule has 3 aromatic rings. The number of carbonyl (C=O) groups is 2. The molecule has 1 aromatic heterocycles. The van der Waals surface area contributed by atoms with Crippen LogP contribution in [0.4, 0.5) is 16.0 Å². The molecular formula is C21H19FN4O2. The van der Waals surface area contributed by atoms with Crippen molar-refractivity contribution >= 4 is 23.3 Å². The monoisotopic (exact) mass is 378 g/mol. The second-order valence-corrected chi connectivity index (χ2v) is 6.25. The maximum absolute atomic E-state index is 13.7. The lowest BCUT2D eigenvalue weighted by atomic mass is 10.1. The smallest absolute Gasteiger partial charge is 0.274 e. The zero-order chi connectivity index (χ0) is 20.1. The molecule has 0 aliphatic rings. The van der Waals surface area contributed by atoms with Gasteiger partial charge in [0.2, 0.25) is 5.95 Å². The summed E-state index contributed by atoms with van der Waals surface area (Å²) in [5, 5.41) is 5.66. The molecule has 0 aliphatic heterocycles. The van der Waals surface area contributed by atoms with Crippen molar-refractivity contribution < 1.29 is 14.0 Å². The number of anilines is 2. The number of aromatic nitrogens is 2. The van der Waals surface area contributed by atoms with Crippen molar-refractivity contribution in [3.8, 4) is 0 Å². The van der Waals surface area contributed by atoms with Gasteiger partial charge in [-0.05, 0) is 38.1 Å². The van der Waals surface area contributed by atoms with E-state index >= 15 is 0 Å². The van der Waals surface area contributed by atoms with Crippen molar-refractivity contribution in [1.29, 1.82) is 0 Å². The molecule has 0 bridgehead atoms. The summed E-state index contributed by atoms with van der Waals surface area (Å²) in [5.41, 5.74) is 2.23. The number of hydrogen-bond acceptors (Lipinski definition) is 5. The van der Waals surface area contributed by atoms with E-state index in [9.17, 15) is 14.0 Å².